The molecule has 0 aliphatic heterocycles. The average molecular weight is 348 g/mol. The molecular formula is C14H6F6N2S. The second-order valence-corrected chi connectivity index (χ2v) is 5.51. The van der Waals surface area contributed by atoms with E-state index in [0.29, 0.717) is 16.3 Å². The van der Waals surface area contributed by atoms with Crippen LogP contribution in [0.1, 0.15) is 11.1 Å². The lowest BCUT2D eigenvalue weighted by Gasteiger charge is -2.16. The third kappa shape index (κ3) is 2.88. The number of rotatable bonds is 1. The summed E-state index contributed by atoms with van der Waals surface area (Å²) in [5, 5.41) is 1.99. The van der Waals surface area contributed by atoms with Gasteiger partial charge >= 0.3 is 12.4 Å². The number of aromatic nitrogens is 2. The van der Waals surface area contributed by atoms with Crippen LogP contribution >= 0.6 is 11.3 Å². The predicted octanol–water partition coefficient (Wildman–Crippen LogP) is 5.40. The first-order chi connectivity index (χ1) is 10.7. The largest absolute Gasteiger partial charge is 0.417 e. The summed E-state index contributed by atoms with van der Waals surface area (Å²) in [6.45, 7) is 0. The Morgan fingerprint density at radius 3 is 2.26 bits per heavy atom. The quantitative estimate of drug-likeness (QED) is 0.551. The van der Waals surface area contributed by atoms with E-state index in [9.17, 15) is 26.3 Å². The Hall–Kier alpha value is -2.16. The summed E-state index contributed by atoms with van der Waals surface area (Å²) in [6, 6.07) is 3.05. The monoisotopic (exact) mass is 348 g/mol. The molecule has 0 spiro atoms. The Kier molecular flexibility index (Phi) is 3.55. The molecule has 0 saturated carbocycles. The first-order valence-corrected chi connectivity index (χ1v) is 7.03. The second-order valence-electron chi connectivity index (χ2n) is 4.62. The first kappa shape index (κ1) is 15.7. The molecule has 0 radical (unpaired) electrons. The van der Waals surface area contributed by atoms with E-state index in [1.165, 1.54) is 17.4 Å². The fraction of sp³-hybridized carbons (Fsp3) is 0.143. The highest BCUT2D eigenvalue weighted by Gasteiger charge is 2.38. The molecule has 3 aromatic rings. The molecule has 9 heteroatoms. The Morgan fingerprint density at radius 1 is 0.870 bits per heavy atom. The lowest BCUT2D eigenvalue weighted by atomic mass is 9.99. The van der Waals surface area contributed by atoms with Crippen molar-refractivity contribution in [2.45, 2.75) is 12.4 Å². The summed E-state index contributed by atoms with van der Waals surface area (Å²) in [5.41, 5.74) is -3.18. The van der Waals surface area contributed by atoms with E-state index in [-0.39, 0.29) is 11.8 Å². The van der Waals surface area contributed by atoms with E-state index in [2.05, 4.69) is 9.97 Å². The van der Waals surface area contributed by atoms with Crippen LogP contribution in [0.2, 0.25) is 0 Å². The maximum absolute atomic E-state index is 13.2. The summed E-state index contributed by atoms with van der Waals surface area (Å²) in [6.07, 6.45) is -8.71. The number of hydrogen-bond donors (Lipinski definition) is 0. The molecular weight excluding hydrogens is 342 g/mol. The highest BCUT2D eigenvalue weighted by molar-refractivity contribution is 7.16. The van der Waals surface area contributed by atoms with Crippen LogP contribution in [0.5, 0.6) is 0 Å². The van der Waals surface area contributed by atoms with E-state index in [1.807, 2.05) is 0 Å². The van der Waals surface area contributed by atoms with Crippen LogP contribution in [0.15, 0.2) is 36.0 Å². The molecule has 0 aliphatic carbocycles. The number of hydrogen-bond acceptors (Lipinski definition) is 3. The molecule has 0 atom stereocenters. The van der Waals surface area contributed by atoms with E-state index >= 15 is 0 Å². The molecule has 0 fully saturated rings. The Labute approximate surface area is 129 Å². The van der Waals surface area contributed by atoms with Crippen molar-refractivity contribution in [1.82, 2.24) is 9.97 Å². The van der Waals surface area contributed by atoms with Crippen molar-refractivity contribution < 1.29 is 26.3 Å². The van der Waals surface area contributed by atoms with Gasteiger partial charge < -0.3 is 0 Å². The van der Waals surface area contributed by atoms with E-state index in [1.54, 1.807) is 5.38 Å². The highest BCUT2D eigenvalue weighted by atomic mass is 32.1. The molecule has 0 saturated heterocycles. The average Bonchev–Trinajstić information content (AvgIpc) is 2.93. The van der Waals surface area contributed by atoms with Gasteiger partial charge in [0.15, 0.2) is 0 Å². The first-order valence-electron chi connectivity index (χ1n) is 6.15. The van der Waals surface area contributed by atoms with E-state index in [4.69, 9.17) is 0 Å². The van der Waals surface area contributed by atoms with Gasteiger partial charge in [-0.25, -0.2) is 9.97 Å². The third-order valence-electron chi connectivity index (χ3n) is 3.17. The van der Waals surface area contributed by atoms with Crippen LogP contribution in [0.4, 0.5) is 26.3 Å². The third-order valence-corrected chi connectivity index (χ3v) is 3.99. The maximum Gasteiger partial charge on any atom is 0.417 e. The summed E-state index contributed by atoms with van der Waals surface area (Å²) >= 11 is 1.20. The number of alkyl halides is 6. The van der Waals surface area contributed by atoms with Crippen LogP contribution in [0.25, 0.3) is 21.5 Å². The molecule has 0 bridgehead atoms. The van der Waals surface area contributed by atoms with Gasteiger partial charge in [0, 0.05) is 10.9 Å². The van der Waals surface area contributed by atoms with Crippen LogP contribution in [0.3, 0.4) is 0 Å². The maximum atomic E-state index is 13.2. The van der Waals surface area contributed by atoms with Gasteiger partial charge in [-0.2, -0.15) is 26.3 Å². The smallest absolute Gasteiger partial charge is 0.236 e. The van der Waals surface area contributed by atoms with Crippen LogP contribution < -0.4 is 0 Å². The van der Waals surface area contributed by atoms with Gasteiger partial charge in [0.1, 0.15) is 11.2 Å². The standard InChI is InChI=1S/C14H6F6N2S/c15-13(16,17)7-1-2-8(10(5-7)14(18,19)20)11-9-3-4-23-12(9)22-6-21-11/h1-6H. The van der Waals surface area contributed by atoms with Crippen LogP contribution in [-0.4, -0.2) is 9.97 Å². The van der Waals surface area contributed by atoms with Gasteiger partial charge in [-0.3, -0.25) is 0 Å². The fourth-order valence-corrected chi connectivity index (χ4v) is 2.90. The Morgan fingerprint density at radius 2 is 1.61 bits per heavy atom. The molecule has 1 aromatic carbocycles. The minimum Gasteiger partial charge on any atom is -0.236 e. The molecule has 0 unspecified atom stereocenters. The number of halogens is 6. The van der Waals surface area contributed by atoms with Gasteiger partial charge in [0.2, 0.25) is 0 Å². The van der Waals surface area contributed by atoms with Crippen LogP contribution in [-0.2, 0) is 12.4 Å². The number of fused-ring (bicyclic) bond motifs is 1. The molecule has 0 aliphatic rings. The molecule has 3 rings (SSSR count). The van der Waals surface area contributed by atoms with Gasteiger partial charge in [0.05, 0.1) is 16.8 Å². The Balaban J connectivity index is 2.29. The van der Waals surface area contributed by atoms with Crippen molar-refractivity contribution in [3.8, 4) is 11.3 Å². The number of thiophene rings is 1. The van der Waals surface area contributed by atoms with Crippen molar-refractivity contribution in [1.29, 1.82) is 0 Å². The summed E-state index contributed by atoms with van der Waals surface area (Å²) in [4.78, 5) is 8.21. The zero-order valence-corrected chi connectivity index (χ0v) is 11.9. The number of nitrogens with zero attached hydrogens (tertiary/aromatic N) is 2. The van der Waals surface area contributed by atoms with Crippen LogP contribution in [0, 0.1) is 0 Å². The lowest BCUT2D eigenvalue weighted by Crippen LogP contribution is -2.12. The van der Waals surface area contributed by atoms with E-state index < -0.39 is 29.0 Å². The zero-order chi connectivity index (χ0) is 16.8. The fourth-order valence-electron chi connectivity index (χ4n) is 2.17. The normalized spacial score (nSPS) is 12.8. The molecule has 0 amide bonds. The zero-order valence-electron chi connectivity index (χ0n) is 11.0. The topological polar surface area (TPSA) is 25.8 Å². The lowest BCUT2D eigenvalue weighted by molar-refractivity contribution is -0.142. The summed E-state index contributed by atoms with van der Waals surface area (Å²) in [7, 11) is 0. The molecule has 120 valence electrons. The molecule has 2 aromatic heterocycles. The molecule has 23 heavy (non-hydrogen) atoms. The van der Waals surface area contributed by atoms with Gasteiger partial charge in [-0.1, -0.05) is 6.07 Å². The summed E-state index contributed by atoms with van der Waals surface area (Å²) < 4.78 is 77.8. The minimum atomic E-state index is -4.94. The van der Waals surface area contributed by atoms with Crippen molar-refractivity contribution >= 4 is 21.6 Å². The molecule has 0 N–H and O–H groups in total. The Bertz CT molecular complexity index is 866. The molecule has 2 heterocycles. The van der Waals surface area contributed by atoms with Gasteiger partial charge in [-0.15, -0.1) is 11.3 Å². The van der Waals surface area contributed by atoms with E-state index in [0.717, 1.165) is 12.4 Å². The predicted molar refractivity (Wildman–Crippen MR) is 72.9 cm³/mol. The van der Waals surface area contributed by atoms with Gasteiger partial charge in [0.25, 0.3) is 0 Å². The van der Waals surface area contributed by atoms with Crippen molar-refractivity contribution in [2.24, 2.45) is 0 Å². The van der Waals surface area contributed by atoms with Crippen molar-refractivity contribution in [2.75, 3.05) is 0 Å². The highest BCUT2D eigenvalue weighted by Crippen LogP contribution is 2.42. The van der Waals surface area contributed by atoms with Crippen molar-refractivity contribution in [3.05, 3.63) is 47.1 Å². The second kappa shape index (κ2) is 5.19. The van der Waals surface area contributed by atoms with Gasteiger partial charge in [-0.05, 0) is 23.6 Å². The summed E-state index contributed by atoms with van der Waals surface area (Å²) in [5.74, 6) is 0. The minimum absolute atomic E-state index is 0.0442. The number of benzene rings is 1. The SMILES string of the molecule is FC(F)(F)c1ccc(-c2ncnc3sccc23)c(C(F)(F)F)c1. The molecule has 2 nitrogen and oxygen atoms in total. The van der Waals surface area contributed by atoms with Crippen molar-refractivity contribution in [3.63, 3.8) is 0 Å².